The predicted molar refractivity (Wildman–Crippen MR) is 135 cm³/mol. The number of ether oxygens (including phenoxy) is 1. The maximum atomic E-state index is 13.2. The number of benzene rings is 3. The zero-order valence-corrected chi connectivity index (χ0v) is 20.2. The van der Waals surface area contributed by atoms with Crippen molar-refractivity contribution in [1.29, 1.82) is 0 Å². The van der Waals surface area contributed by atoms with Gasteiger partial charge in [-0.2, -0.15) is 0 Å². The molecule has 0 saturated carbocycles. The summed E-state index contributed by atoms with van der Waals surface area (Å²) < 4.78 is 5.76. The van der Waals surface area contributed by atoms with Gasteiger partial charge in [-0.1, -0.05) is 48.5 Å². The second-order valence-electron chi connectivity index (χ2n) is 8.92. The average molecular weight is 473 g/mol. The predicted octanol–water partition coefficient (Wildman–Crippen LogP) is 3.30. The molecular weight excluding hydrogens is 445 g/mol. The van der Waals surface area contributed by atoms with Crippen LogP contribution in [0.5, 0.6) is 0 Å². The van der Waals surface area contributed by atoms with E-state index in [1.807, 2.05) is 36.4 Å². The van der Waals surface area contributed by atoms with E-state index >= 15 is 0 Å². The van der Waals surface area contributed by atoms with Gasteiger partial charge in [0.05, 0.1) is 12.1 Å². The molecule has 1 amide bonds. The Morgan fingerprint density at radius 1 is 0.914 bits per heavy atom. The minimum atomic E-state index is -1.81. The first-order chi connectivity index (χ1) is 16.6. The smallest absolute Gasteiger partial charge is 0.481 e. The average Bonchev–Trinajstić information content (AvgIpc) is 3.13. The van der Waals surface area contributed by atoms with Crippen LogP contribution in [0.15, 0.2) is 48.5 Å². The first-order valence-corrected chi connectivity index (χ1v) is 11.4. The third-order valence-corrected chi connectivity index (χ3v) is 6.96. The molecule has 180 valence electrons. The number of carboxylic acid groups (broad SMARTS) is 1. The summed E-state index contributed by atoms with van der Waals surface area (Å²) in [6.07, 6.45) is -0.912. The van der Waals surface area contributed by atoms with Crippen LogP contribution < -0.4 is 10.4 Å². The van der Waals surface area contributed by atoms with Crippen LogP contribution in [0.4, 0.5) is 10.5 Å². The van der Waals surface area contributed by atoms with E-state index in [1.54, 1.807) is 27.8 Å². The van der Waals surface area contributed by atoms with Crippen molar-refractivity contribution < 1.29 is 29.5 Å². The van der Waals surface area contributed by atoms with Gasteiger partial charge >= 0.3 is 19.2 Å². The summed E-state index contributed by atoms with van der Waals surface area (Å²) in [5.41, 5.74) is 7.06. The molecule has 4 rings (SSSR count). The van der Waals surface area contributed by atoms with Gasteiger partial charge in [0.15, 0.2) is 0 Å². The molecule has 0 aromatic heterocycles. The van der Waals surface area contributed by atoms with Crippen LogP contribution in [-0.2, 0) is 16.0 Å². The zero-order valence-electron chi connectivity index (χ0n) is 20.2. The zero-order chi connectivity index (χ0) is 25.4. The molecule has 0 saturated heterocycles. The number of aliphatic carboxylic acids is 1. The van der Waals surface area contributed by atoms with Gasteiger partial charge in [0.2, 0.25) is 0 Å². The number of amides is 1. The molecule has 0 aliphatic heterocycles. The number of carboxylic acids is 1. The van der Waals surface area contributed by atoms with Gasteiger partial charge in [-0.15, -0.1) is 0 Å². The van der Waals surface area contributed by atoms with E-state index in [1.165, 1.54) is 4.90 Å². The van der Waals surface area contributed by atoms with Crippen molar-refractivity contribution in [1.82, 2.24) is 0 Å². The monoisotopic (exact) mass is 473 g/mol. The fourth-order valence-corrected chi connectivity index (χ4v) is 5.37. The highest BCUT2D eigenvalue weighted by atomic mass is 16.6. The molecule has 0 unspecified atom stereocenters. The standard InChI is InChI=1S/C27H28BNO6/c1-15-22(13-24(30)31)16(2)26(17(3)25(15)28(33)34)29(4)27(32)35-14-23-20-11-7-5-9-18(20)19-10-6-8-12-21(19)23/h5-12,23,33-34H,13-14H2,1-4H3,(H,30,31). The SMILES string of the molecule is Cc1c(CC(=O)O)c(C)c(N(C)C(=O)OCC2c3ccccc3-c3ccccc32)c(C)c1B(O)O. The molecule has 35 heavy (non-hydrogen) atoms. The number of carbonyl (C=O) groups is 2. The van der Waals surface area contributed by atoms with E-state index in [2.05, 4.69) is 12.1 Å². The van der Waals surface area contributed by atoms with E-state index in [-0.39, 0.29) is 24.4 Å². The fraction of sp³-hybridized carbons (Fsp3) is 0.259. The Kier molecular flexibility index (Phi) is 6.69. The molecule has 0 atom stereocenters. The molecule has 3 aromatic carbocycles. The Labute approximate surface area is 204 Å². The number of hydrogen-bond donors (Lipinski definition) is 3. The van der Waals surface area contributed by atoms with Crippen molar-refractivity contribution in [3.63, 3.8) is 0 Å². The lowest BCUT2D eigenvalue weighted by molar-refractivity contribution is -0.136. The van der Waals surface area contributed by atoms with E-state index in [0.717, 1.165) is 22.3 Å². The van der Waals surface area contributed by atoms with Gasteiger partial charge in [0.25, 0.3) is 0 Å². The van der Waals surface area contributed by atoms with Crippen LogP contribution in [0.25, 0.3) is 11.1 Å². The molecule has 0 spiro atoms. The van der Waals surface area contributed by atoms with Crippen molar-refractivity contribution in [2.75, 3.05) is 18.6 Å². The highest BCUT2D eigenvalue weighted by Crippen LogP contribution is 2.44. The van der Waals surface area contributed by atoms with Gasteiger partial charge in [-0.05, 0) is 70.7 Å². The quantitative estimate of drug-likeness (QED) is 0.475. The van der Waals surface area contributed by atoms with Gasteiger partial charge in [-0.3, -0.25) is 9.69 Å². The molecular formula is C27H28BNO6. The minimum Gasteiger partial charge on any atom is -0.481 e. The number of nitrogens with zero attached hydrogens (tertiary/aromatic N) is 1. The molecule has 0 heterocycles. The van der Waals surface area contributed by atoms with Gasteiger partial charge in [-0.25, -0.2) is 4.79 Å². The van der Waals surface area contributed by atoms with Crippen LogP contribution in [-0.4, -0.2) is 48.0 Å². The Morgan fingerprint density at radius 3 is 1.97 bits per heavy atom. The summed E-state index contributed by atoms with van der Waals surface area (Å²) in [5, 5.41) is 29.4. The van der Waals surface area contributed by atoms with Crippen molar-refractivity contribution in [3.8, 4) is 11.1 Å². The summed E-state index contributed by atoms with van der Waals surface area (Å²) in [6, 6.07) is 16.1. The first kappa shape index (κ1) is 24.5. The van der Waals surface area contributed by atoms with E-state index < -0.39 is 19.2 Å². The number of anilines is 1. The highest BCUT2D eigenvalue weighted by Gasteiger charge is 2.31. The lowest BCUT2D eigenvalue weighted by Gasteiger charge is -2.27. The van der Waals surface area contributed by atoms with Crippen molar-refractivity contribution in [2.45, 2.75) is 33.1 Å². The molecule has 7 nitrogen and oxygen atoms in total. The molecule has 1 aliphatic carbocycles. The van der Waals surface area contributed by atoms with E-state index in [9.17, 15) is 24.7 Å². The summed E-state index contributed by atoms with van der Waals surface area (Å²) in [7, 11) is -0.264. The molecule has 0 radical (unpaired) electrons. The number of rotatable bonds is 6. The topological polar surface area (TPSA) is 107 Å². The molecule has 3 N–H and O–H groups in total. The third kappa shape index (κ3) is 4.31. The third-order valence-electron chi connectivity index (χ3n) is 6.96. The van der Waals surface area contributed by atoms with Gasteiger partial charge in [0.1, 0.15) is 6.61 Å². The molecule has 0 bridgehead atoms. The van der Waals surface area contributed by atoms with Crippen molar-refractivity contribution >= 4 is 30.3 Å². The molecule has 1 aliphatic rings. The van der Waals surface area contributed by atoms with Crippen LogP contribution in [0, 0.1) is 20.8 Å². The van der Waals surface area contributed by atoms with Gasteiger partial charge < -0.3 is 19.9 Å². The highest BCUT2D eigenvalue weighted by molar-refractivity contribution is 6.60. The van der Waals surface area contributed by atoms with Crippen LogP contribution in [0.2, 0.25) is 0 Å². The van der Waals surface area contributed by atoms with Crippen LogP contribution >= 0.6 is 0 Å². The largest absolute Gasteiger partial charge is 0.489 e. The van der Waals surface area contributed by atoms with E-state index in [0.29, 0.717) is 27.9 Å². The molecule has 0 fully saturated rings. The normalized spacial score (nSPS) is 12.2. The van der Waals surface area contributed by atoms with Crippen molar-refractivity contribution in [3.05, 3.63) is 81.9 Å². The maximum Gasteiger partial charge on any atom is 0.489 e. The summed E-state index contributed by atoms with van der Waals surface area (Å²) >= 11 is 0. The summed E-state index contributed by atoms with van der Waals surface area (Å²) in [4.78, 5) is 26.0. The maximum absolute atomic E-state index is 13.2. The van der Waals surface area contributed by atoms with Crippen LogP contribution in [0.3, 0.4) is 0 Å². The Balaban J connectivity index is 1.65. The second kappa shape index (κ2) is 9.56. The lowest BCUT2D eigenvalue weighted by Crippen LogP contribution is -2.39. The number of fused-ring (bicyclic) bond motifs is 3. The summed E-state index contributed by atoms with van der Waals surface area (Å²) in [5.74, 6) is -1.15. The number of carbonyl (C=O) groups excluding carboxylic acids is 1. The fourth-order valence-electron chi connectivity index (χ4n) is 5.37. The Bertz CT molecular complexity index is 1270. The molecule has 8 heteroatoms. The van der Waals surface area contributed by atoms with Crippen molar-refractivity contribution in [2.24, 2.45) is 0 Å². The molecule has 3 aromatic rings. The number of hydrogen-bond acceptors (Lipinski definition) is 5. The Morgan fingerprint density at radius 2 is 1.46 bits per heavy atom. The minimum absolute atomic E-state index is 0.0997. The van der Waals surface area contributed by atoms with Crippen LogP contribution in [0.1, 0.15) is 39.3 Å². The first-order valence-electron chi connectivity index (χ1n) is 11.4. The lowest BCUT2D eigenvalue weighted by atomic mass is 9.71. The van der Waals surface area contributed by atoms with E-state index in [4.69, 9.17) is 4.74 Å². The second-order valence-corrected chi connectivity index (χ2v) is 8.92. The summed E-state index contributed by atoms with van der Waals surface area (Å²) in [6.45, 7) is 5.21. The Hall–Kier alpha value is -3.62. The van der Waals surface area contributed by atoms with Gasteiger partial charge in [0, 0.05) is 13.0 Å².